The lowest BCUT2D eigenvalue weighted by Crippen LogP contribution is -2.18. The Labute approximate surface area is 89.2 Å². The first kappa shape index (κ1) is 9.81. The molecular formula is C8H8N4O2S. The molecule has 2 N–H and O–H groups in total. The van der Waals surface area contributed by atoms with E-state index in [4.69, 9.17) is 9.73 Å². The van der Waals surface area contributed by atoms with E-state index in [2.05, 4.69) is 15.1 Å². The summed E-state index contributed by atoms with van der Waals surface area (Å²) in [5, 5.41) is 14.4. The van der Waals surface area contributed by atoms with E-state index >= 15 is 0 Å². The van der Waals surface area contributed by atoms with Gasteiger partial charge in [0.15, 0.2) is 5.84 Å². The van der Waals surface area contributed by atoms with Crippen molar-refractivity contribution in [2.24, 2.45) is 4.99 Å². The van der Waals surface area contributed by atoms with Gasteiger partial charge >= 0.3 is 0 Å². The van der Waals surface area contributed by atoms with Gasteiger partial charge in [0.25, 0.3) is 5.95 Å². The third-order valence-electron chi connectivity index (χ3n) is 1.59. The maximum Gasteiger partial charge on any atom is 0.291 e. The fraction of sp³-hybridized carbons (Fsp3) is 0.125. The van der Waals surface area contributed by atoms with E-state index in [1.54, 1.807) is 6.92 Å². The lowest BCUT2D eigenvalue weighted by Gasteiger charge is -1.98. The Bertz CT molecular complexity index is 463. The molecule has 0 aliphatic carbocycles. The largest absolute Gasteiger partial charge is 0.338 e. The maximum atomic E-state index is 8.91. The van der Waals surface area contributed by atoms with Crippen molar-refractivity contribution >= 4 is 23.1 Å². The average molecular weight is 224 g/mol. The third kappa shape index (κ3) is 2.20. The summed E-state index contributed by atoms with van der Waals surface area (Å²) in [6.45, 7) is 1.67. The molecule has 0 amide bonds. The highest BCUT2D eigenvalue weighted by Gasteiger charge is 2.06. The second kappa shape index (κ2) is 4.20. The Hall–Kier alpha value is -1.73. The zero-order chi connectivity index (χ0) is 10.7. The molecule has 78 valence electrons. The molecule has 0 aromatic carbocycles. The Kier molecular flexibility index (Phi) is 2.75. The molecule has 0 fully saturated rings. The van der Waals surface area contributed by atoms with Crippen LogP contribution in [0.15, 0.2) is 27.0 Å². The van der Waals surface area contributed by atoms with Crippen LogP contribution in [0, 0.1) is 6.92 Å². The van der Waals surface area contributed by atoms with Crippen molar-refractivity contribution in [1.82, 2.24) is 15.6 Å². The predicted molar refractivity (Wildman–Crippen MR) is 54.5 cm³/mol. The van der Waals surface area contributed by atoms with E-state index in [9.17, 15) is 0 Å². The number of hydrogen-bond donors (Lipinski definition) is 2. The minimum atomic E-state index is 0.178. The predicted octanol–water partition coefficient (Wildman–Crippen LogP) is 1.50. The molecule has 15 heavy (non-hydrogen) atoms. The van der Waals surface area contributed by atoms with E-state index in [1.807, 2.05) is 23.0 Å². The highest BCUT2D eigenvalue weighted by atomic mass is 32.1. The molecule has 0 atom stereocenters. The lowest BCUT2D eigenvalue weighted by atomic mass is 10.4. The van der Waals surface area contributed by atoms with Crippen LogP contribution in [-0.2, 0) is 0 Å². The van der Waals surface area contributed by atoms with Crippen LogP contribution in [0.2, 0.25) is 0 Å². The fourth-order valence-electron chi connectivity index (χ4n) is 0.982. The molecule has 6 nitrogen and oxygen atoms in total. The van der Waals surface area contributed by atoms with Crippen molar-refractivity contribution in [1.29, 1.82) is 0 Å². The fourth-order valence-corrected chi connectivity index (χ4v) is 1.65. The van der Waals surface area contributed by atoms with Gasteiger partial charge in [0.05, 0.1) is 4.88 Å². The zero-order valence-electron chi connectivity index (χ0n) is 7.84. The molecule has 0 aliphatic rings. The van der Waals surface area contributed by atoms with Gasteiger partial charge in [0.1, 0.15) is 0 Å². The number of nitrogens with zero attached hydrogens (tertiary/aromatic N) is 3. The van der Waals surface area contributed by atoms with Crippen LogP contribution in [0.1, 0.15) is 10.8 Å². The van der Waals surface area contributed by atoms with E-state index < -0.39 is 0 Å². The van der Waals surface area contributed by atoms with Gasteiger partial charge in [-0.15, -0.1) is 11.3 Å². The van der Waals surface area contributed by atoms with Crippen LogP contribution in [0.4, 0.5) is 5.95 Å². The second-order valence-corrected chi connectivity index (χ2v) is 3.61. The Morgan fingerprint density at radius 1 is 1.67 bits per heavy atom. The molecule has 2 aromatic heterocycles. The summed E-state index contributed by atoms with van der Waals surface area (Å²) in [7, 11) is 0. The molecule has 2 heterocycles. The normalized spacial score (nSPS) is 11.7. The van der Waals surface area contributed by atoms with E-state index in [0.29, 0.717) is 11.7 Å². The summed E-state index contributed by atoms with van der Waals surface area (Å²) in [4.78, 5) is 8.68. The average Bonchev–Trinajstić information content (AvgIpc) is 2.85. The number of rotatable bonds is 2. The Morgan fingerprint density at radius 2 is 2.53 bits per heavy atom. The number of nitrogens with one attached hydrogen (secondary N) is 1. The summed E-state index contributed by atoms with van der Waals surface area (Å²) in [5.41, 5.74) is 2.00. The number of hydrogen-bond acceptors (Lipinski definition) is 6. The Morgan fingerprint density at radius 3 is 3.07 bits per heavy atom. The summed E-state index contributed by atoms with van der Waals surface area (Å²) >= 11 is 1.44. The summed E-state index contributed by atoms with van der Waals surface area (Å²) in [5.74, 6) is 0.903. The number of amidine groups is 1. The molecule has 2 aromatic rings. The molecule has 2 rings (SSSR count). The maximum absolute atomic E-state index is 8.91. The second-order valence-electron chi connectivity index (χ2n) is 2.66. The van der Waals surface area contributed by atoms with Gasteiger partial charge in [0, 0.05) is 6.92 Å². The highest BCUT2D eigenvalue weighted by molar-refractivity contribution is 7.12. The molecule has 0 spiro atoms. The van der Waals surface area contributed by atoms with Gasteiger partial charge in [-0.1, -0.05) is 6.07 Å². The highest BCUT2D eigenvalue weighted by Crippen LogP contribution is 2.12. The van der Waals surface area contributed by atoms with E-state index in [0.717, 1.165) is 4.88 Å². The minimum Gasteiger partial charge on any atom is -0.338 e. The summed E-state index contributed by atoms with van der Waals surface area (Å²) < 4.78 is 4.75. The van der Waals surface area contributed by atoms with Crippen LogP contribution in [-0.4, -0.2) is 21.2 Å². The van der Waals surface area contributed by atoms with Crippen molar-refractivity contribution in [2.75, 3.05) is 0 Å². The van der Waals surface area contributed by atoms with E-state index in [1.165, 1.54) is 11.3 Å². The quantitative estimate of drug-likeness (QED) is 0.458. The van der Waals surface area contributed by atoms with Crippen molar-refractivity contribution in [3.05, 3.63) is 28.3 Å². The first-order valence-electron chi connectivity index (χ1n) is 4.12. The zero-order valence-corrected chi connectivity index (χ0v) is 8.65. The van der Waals surface area contributed by atoms with Crippen LogP contribution >= 0.6 is 11.3 Å². The van der Waals surface area contributed by atoms with Gasteiger partial charge in [-0.3, -0.25) is 10.7 Å². The smallest absolute Gasteiger partial charge is 0.291 e. The van der Waals surface area contributed by atoms with Gasteiger partial charge < -0.3 is 4.52 Å². The van der Waals surface area contributed by atoms with Crippen LogP contribution < -0.4 is 5.48 Å². The van der Waals surface area contributed by atoms with Crippen molar-refractivity contribution in [2.45, 2.75) is 6.92 Å². The molecule has 7 heteroatoms. The first-order chi connectivity index (χ1) is 7.29. The number of thiophene rings is 1. The monoisotopic (exact) mass is 224 g/mol. The molecule has 0 bridgehead atoms. The van der Waals surface area contributed by atoms with Gasteiger partial charge in [-0.05, 0) is 16.6 Å². The third-order valence-corrected chi connectivity index (χ3v) is 2.47. The van der Waals surface area contributed by atoms with E-state index in [-0.39, 0.29) is 5.95 Å². The van der Waals surface area contributed by atoms with Crippen LogP contribution in [0.25, 0.3) is 0 Å². The van der Waals surface area contributed by atoms with Crippen LogP contribution in [0.5, 0.6) is 0 Å². The first-order valence-corrected chi connectivity index (χ1v) is 5.00. The van der Waals surface area contributed by atoms with Crippen molar-refractivity contribution < 1.29 is 9.73 Å². The van der Waals surface area contributed by atoms with Crippen molar-refractivity contribution in [3.8, 4) is 0 Å². The standard InChI is InChI=1S/C8H8N4O2S/c1-5-9-8(12-14-5)10-7(11-13)6-3-2-4-15-6/h2-4,13H,1H3,(H,10,11,12). The Balaban J connectivity index is 2.31. The summed E-state index contributed by atoms with van der Waals surface area (Å²) in [6, 6.07) is 3.67. The number of aliphatic imine (C=N–C) groups is 1. The molecule has 0 aliphatic heterocycles. The van der Waals surface area contributed by atoms with Gasteiger partial charge in [-0.25, -0.2) is 0 Å². The number of aromatic nitrogens is 2. The number of hydroxylamine groups is 1. The number of aryl methyl sites for hydroxylation is 1. The van der Waals surface area contributed by atoms with Gasteiger partial charge in [0.2, 0.25) is 5.89 Å². The van der Waals surface area contributed by atoms with Gasteiger partial charge in [-0.2, -0.15) is 9.98 Å². The lowest BCUT2D eigenvalue weighted by molar-refractivity contribution is 0.235. The van der Waals surface area contributed by atoms with Crippen LogP contribution in [0.3, 0.4) is 0 Å². The summed E-state index contributed by atoms with van der Waals surface area (Å²) in [6.07, 6.45) is 0. The van der Waals surface area contributed by atoms with Crippen molar-refractivity contribution in [3.63, 3.8) is 0 Å². The molecule has 0 radical (unpaired) electrons. The minimum absolute atomic E-state index is 0.178. The SMILES string of the molecule is Cc1nc(/N=C(\NO)c2cccs2)no1. The molecule has 0 saturated carbocycles. The topological polar surface area (TPSA) is 83.5 Å². The molecule has 0 unspecified atom stereocenters. The molecule has 0 saturated heterocycles. The molecular weight excluding hydrogens is 216 g/mol.